The van der Waals surface area contributed by atoms with Crippen LogP contribution in [-0.2, 0) is 4.74 Å². The molecular formula is C15H19N3O2. The van der Waals surface area contributed by atoms with Gasteiger partial charge < -0.3 is 14.0 Å². The van der Waals surface area contributed by atoms with E-state index in [1.165, 1.54) is 6.42 Å². The lowest BCUT2D eigenvalue weighted by Gasteiger charge is -2.35. The summed E-state index contributed by atoms with van der Waals surface area (Å²) in [6.45, 7) is 1.42. The first-order valence-corrected chi connectivity index (χ1v) is 7.02. The third-order valence-electron chi connectivity index (χ3n) is 3.88. The minimum Gasteiger partial charge on any atom is -0.383 e. The van der Waals surface area contributed by atoms with Crippen molar-refractivity contribution in [3.8, 4) is 0 Å². The zero-order valence-corrected chi connectivity index (χ0v) is 11.7. The van der Waals surface area contributed by atoms with Gasteiger partial charge in [-0.3, -0.25) is 4.79 Å². The monoisotopic (exact) mass is 273 g/mol. The summed E-state index contributed by atoms with van der Waals surface area (Å²) in [4.78, 5) is 18.8. The lowest BCUT2D eigenvalue weighted by Crippen LogP contribution is -2.46. The minimum absolute atomic E-state index is 0.0855. The first-order valence-electron chi connectivity index (χ1n) is 7.02. The first-order chi connectivity index (χ1) is 9.79. The van der Waals surface area contributed by atoms with Crippen molar-refractivity contribution >= 4 is 11.6 Å². The number of hydrogen-bond donors (Lipinski definition) is 0. The predicted octanol–water partition coefficient (Wildman–Crippen LogP) is 1.98. The van der Waals surface area contributed by atoms with Crippen LogP contribution in [0.25, 0.3) is 5.65 Å². The normalized spacial score (nSPS) is 19.4. The molecule has 0 N–H and O–H groups in total. The van der Waals surface area contributed by atoms with Crippen LogP contribution < -0.4 is 0 Å². The van der Waals surface area contributed by atoms with Gasteiger partial charge >= 0.3 is 0 Å². The van der Waals surface area contributed by atoms with Crippen LogP contribution in [0.4, 0.5) is 0 Å². The van der Waals surface area contributed by atoms with Crippen LogP contribution in [0.5, 0.6) is 0 Å². The molecule has 1 aliphatic heterocycles. The van der Waals surface area contributed by atoms with Crippen molar-refractivity contribution in [3.63, 3.8) is 0 Å². The fourth-order valence-electron chi connectivity index (χ4n) is 2.85. The number of methoxy groups -OCH3 is 1. The average Bonchev–Trinajstić information content (AvgIpc) is 2.95. The molecule has 0 saturated carbocycles. The Morgan fingerprint density at radius 1 is 1.45 bits per heavy atom. The largest absolute Gasteiger partial charge is 0.383 e. The molecule has 0 spiro atoms. The van der Waals surface area contributed by atoms with Crippen LogP contribution in [0.15, 0.2) is 30.7 Å². The van der Waals surface area contributed by atoms with Crippen molar-refractivity contribution in [1.29, 1.82) is 0 Å². The topological polar surface area (TPSA) is 46.8 Å². The Kier molecular flexibility index (Phi) is 3.69. The molecule has 5 nitrogen and oxygen atoms in total. The Morgan fingerprint density at radius 3 is 3.20 bits per heavy atom. The minimum atomic E-state index is 0.0855. The average molecular weight is 273 g/mol. The summed E-state index contributed by atoms with van der Waals surface area (Å²) in [5.74, 6) is 0.0855. The van der Waals surface area contributed by atoms with Crippen LogP contribution in [-0.4, -0.2) is 46.5 Å². The van der Waals surface area contributed by atoms with Crippen LogP contribution in [0.2, 0.25) is 0 Å². The molecule has 1 fully saturated rings. The number of carbonyl (C=O) groups excluding carboxylic acids is 1. The van der Waals surface area contributed by atoms with E-state index in [0.29, 0.717) is 12.2 Å². The van der Waals surface area contributed by atoms with E-state index in [1.54, 1.807) is 13.3 Å². The van der Waals surface area contributed by atoms with Gasteiger partial charge in [-0.15, -0.1) is 0 Å². The van der Waals surface area contributed by atoms with Crippen molar-refractivity contribution in [2.24, 2.45) is 0 Å². The van der Waals surface area contributed by atoms with Crippen molar-refractivity contribution < 1.29 is 9.53 Å². The molecule has 2 aromatic rings. The van der Waals surface area contributed by atoms with E-state index in [-0.39, 0.29) is 11.9 Å². The van der Waals surface area contributed by atoms with Crippen LogP contribution in [0.1, 0.15) is 29.6 Å². The standard InChI is InChI=1S/C15H19N3O2/c1-20-11-13-4-2-3-8-18(13)15(19)12-5-6-14-16-7-9-17(14)10-12/h5-7,9-10,13H,2-4,8,11H2,1H3. The Hall–Kier alpha value is -1.88. The molecule has 0 aromatic carbocycles. The van der Waals surface area contributed by atoms with Crippen molar-refractivity contribution in [3.05, 3.63) is 36.3 Å². The van der Waals surface area contributed by atoms with Gasteiger partial charge in [0.1, 0.15) is 5.65 Å². The lowest BCUT2D eigenvalue weighted by molar-refractivity contribution is 0.0427. The Labute approximate surface area is 118 Å². The van der Waals surface area contributed by atoms with E-state index in [4.69, 9.17) is 4.74 Å². The van der Waals surface area contributed by atoms with Crippen molar-refractivity contribution in [2.75, 3.05) is 20.3 Å². The fraction of sp³-hybridized carbons (Fsp3) is 0.467. The zero-order chi connectivity index (χ0) is 13.9. The van der Waals surface area contributed by atoms with Gasteiger partial charge in [0.05, 0.1) is 18.2 Å². The molecule has 1 aliphatic rings. The van der Waals surface area contributed by atoms with E-state index in [1.807, 2.05) is 33.8 Å². The Bertz CT molecular complexity index is 606. The summed E-state index contributed by atoms with van der Waals surface area (Å²) >= 11 is 0. The third-order valence-corrected chi connectivity index (χ3v) is 3.88. The van der Waals surface area contributed by atoms with E-state index >= 15 is 0 Å². The van der Waals surface area contributed by atoms with E-state index in [0.717, 1.165) is 25.0 Å². The van der Waals surface area contributed by atoms with Crippen molar-refractivity contribution in [1.82, 2.24) is 14.3 Å². The maximum atomic E-state index is 12.7. The molecule has 3 heterocycles. The summed E-state index contributed by atoms with van der Waals surface area (Å²) < 4.78 is 7.12. The second kappa shape index (κ2) is 5.63. The molecule has 2 aromatic heterocycles. The molecule has 1 atom stereocenters. The highest BCUT2D eigenvalue weighted by atomic mass is 16.5. The van der Waals surface area contributed by atoms with Gasteiger partial charge in [-0.05, 0) is 31.4 Å². The number of ether oxygens (including phenoxy) is 1. The quantitative estimate of drug-likeness (QED) is 0.859. The molecule has 0 aliphatic carbocycles. The molecule has 1 saturated heterocycles. The number of fused-ring (bicyclic) bond motifs is 1. The maximum Gasteiger partial charge on any atom is 0.255 e. The first kappa shape index (κ1) is 13.1. The Morgan fingerprint density at radius 2 is 2.35 bits per heavy atom. The van der Waals surface area contributed by atoms with Crippen LogP contribution >= 0.6 is 0 Å². The maximum absolute atomic E-state index is 12.7. The Balaban J connectivity index is 1.85. The highest BCUT2D eigenvalue weighted by molar-refractivity contribution is 5.94. The van der Waals surface area contributed by atoms with Gasteiger partial charge in [0.2, 0.25) is 0 Å². The highest BCUT2D eigenvalue weighted by Gasteiger charge is 2.27. The van der Waals surface area contributed by atoms with Gasteiger partial charge in [-0.2, -0.15) is 0 Å². The molecule has 1 unspecified atom stereocenters. The number of hydrogen-bond acceptors (Lipinski definition) is 3. The smallest absolute Gasteiger partial charge is 0.255 e. The number of imidazole rings is 1. The fourth-order valence-corrected chi connectivity index (χ4v) is 2.85. The molecule has 0 bridgehead atoms. The molecule has 20 heavy (non-hydrogen) atoms. The molecule has 0 radical (unpaired) electrons. The third kappa shape index (κ3) is 2.41. The second-order valence-corrected chi connectivity index (χ2v) is 5.21. The molecule has 106 valence electrons. The van der Waals surface area contributed by atoms with E-state index in [9.17, 15) is 4.79 Å². The number of rotatable bonds is 3. The molecule has 3 rings (SSSR count). The second-order valence-electron chi connectivity index (χ2n) is 5.21. The molecular weight excluding hydrogens is 254 g/mol. The summed E-state index contributed by atoms with van der Waals surface area (Å²) in [6, 6.07) is 3.92. The SMILES string of the molecule is COCC1CCCCN1C(=O)c1ccc2nccn2c1. The zero-order valence-electron chi connectivity index (χ0n) is 11.7. The number of likely N-dealkylation sites (tertiary alicyclic amines) is 1. The molecule has 1 amide bonds. The van der Waals surface area contributed by atoms with E-state index < -0.39 is 0 Å². The number of carbonyl (C=O) groups is 1. The highest BCUT2D eigenvalue weighted by Crippen LogP contribution is 2.20. The summed E-state index contributed by atoms with van der Waals surface area (Å²) in [5, 5.41) is 0. The predicted molar refractivity (Wildman–Crippen MR) is 75.7 cm³/mol. The molecule has 5 heteroatoms. The lowest BCUT2D eigenvalue weighted by atomic mass is 10.0. The van der Waals surface area contributed by atoms with Gasteiger partial charge in [0.15, 0.2) is 0 Å². The van der Waals surface area contributed by atoms with Crippen molar-refractivity contribution in [2.45, 2.75) is 25.3 Å². The van der Waals surface area contributed by atoms with Gasteiger partial charge in [0, 0.05) is 32.2 Å². The van der Waals surface area contributed by atoms with Gasteiger partial charge in [-0.1, -0.05) is 0 Å². The van der Waals surface area contributed by atoms with Crippen LogP contribution in [0.3, 0.4) is 0 Å². The van der Waals surface area contributed by atoms with E-state index in [2.05, 4.69) is 4.98 Å². The summed E-state index contributed by atoms with van der Waals surface area (Å²) in [5.41, 5.74) is 1.56. The number of amides is 1. The number of nitrogens with zero attached hydrogens (tertiary/aromatic N) is 3. The summed E-state index contributed by atoms with van der Waals surface area (Å²) in [7, 11) is 1.69. The summed E-state index contributed by atoms with van der Waals surface area (Å²) in [6.07, 6.45) is 8.70. The van der Waals surface area contributed by atoms with Crippen LogP contribution in [0, 0.1) is 0 Å². The number of pyridine rings is 1. The number of aromatic nitrogens is 2. The van der Waals surface area contributed by atoms with Gasteiger partial charge in [0.25, 0.3) is 5.91 Å². The van der Waals surface area contributed by atoms with Gasteiger partial charge in [-0.25, -0.2) is 4.98 Å². The number of piperidine rings is 1.